The van der Waals surface area contributed by atoms with Crippen LogP contribution in [0.15, 0.2) is 72.9 Å². The van der Waals surface area contributed by atoms with Crippen molar-refractivity contribution in [3.63, 3.8) is 0 Å². The quantitative estimate of drug-likeness (QED) is 0.413. The van der Waals surface area contributed by atoms with Gasteiger partial charge in [0.05, 0.1) is 5.56 Å². The van der Waals surface area contributed by atoms with Crippen molar-refractivity contribution in [1.29, 1.82) is 0 Å². The maximum atomic E-state index is 13.0. The van der Waals surface area contributed by atoms with E-state index in [2.05, 4.69) is 20.1 Å². The Morgan fingerprint density at radius 1 is 0.943 bits per heavy atom. The fraction of sp³-hybridized carbons (Fsp3) is 0.231. The predicted octanol–water partition coefficient (Wildman–Crippen LogP) is 5.06. The number of alkyl halides is 3. The molecule has 1 aliphatic rings. The van der Waals surface area contributed by atoms with E-state index in [1.165, 1.54) is 12.1 Å². The van der Waals surface area contributed by atoms with Gasteiger partial charge in [0.2, 0.25) is 0 Å². The molecule has 1 saturated heterocycles. The molecule has 0 spiro atoms. The van der Waals surface area contributed by atoms with E-state index in [9.17, 15) is 18.0 Å². The third-order valence-electron chi connectivity index (χ3n) is 6.21. The van der Waals surface area contributed by atoms with Crippen molar-refractivity contribution in [2.24, 2.45) is 0 Å². The van der Waals surface area contributed by atoms with Crippen LogP contribution in [0.4, 0.5) is 19.0 Å². The van der Waals surface area contributed by atoms with E-state index >= 15 is 0 Å². The number of carbonyl (C=O) groups excluding carboxylic acids is 1. The van der Waals surface area contributed by atoms with Gasteiger partial charge in [-0.15, -0.1) is 10.2 Å². The number of benzene rings is 2. The van der Waals surface area contributed by atoms with Crippen LogP contribution in [-0.2, 0) is 6.18 Å². The Hall–Kier alpha value is -4.01. The number of amides is 1. The summed E-state index contributed by atoms with van der Waals surface area (Å²) in [7, 11) is 0. The number of carbonyl (C=O) groups is 1. The van der Waals surface area contributed by atoms with Crippen LogP contribution in [0.25, 0.3) is 22.2 Å². The van der Waals surface area contributed by atoms with E-state index in [-0.39, 0.29) is 11.9 Å². The molecule has 178 valence electrons. The number of fused-ring (bicyclic) bond motifs is 1. The van der Waals surface area contributed by atoms with E-state index in [4.69, 9.17) is 0 Å². The number of rotatable bonds is 3. The Bertz CT molecular complexity index is 1360. The van der Waals surface area contributed by atoms with Crippen LogP contribution in [0.3, 0.4) is 0 Å². The lowest BCUT2D eigenvalue weighted by molar-refractivity contribution is -0.137. The Labute approximate surface area is 200 Å². The van der Waals surface area contributed by atoms with Gasteiger partial charge in [-0.2, -0.15) is 13.2 Å². The first kappa shape index (κ1) is 22.8. The molecule has 9 heteroatoms. The molecule has 0 N–H and O–H groups in total. The number of anilines is 1. The fourth-order valence-electron chi connectivity index (χ4n) is 4.42. The molecule has 4 aromatic rings. The van der Waals surface area contributed by atoms with Gasteiger partial charge >= 0.3 is 6.18 Å². The van der Waals surface area contributed by atoms with Crippen molar-refractivity contribution in [2.45, 2.75) is 19.1 Å². The predicted molar refractivity (Wildman–Crippen MR) is 127 cm³/mol. The normalized spacial score (nSPS) is 16.5. The van der Waals surface area contributed by atoms with Crippen molar-refractivity contribution < 1.29 is 18.0 Å². The van der Waals surface area contributed by atoms with E-state index in [1.807, 2.05) is 48.2 Å². The lowest BCUT2D eigenvalue weighted by atomic mass is 10.0. The zero-order valence-corrected chi connectivity index (χ0v) is 18.9. The number of hydrogen-bond acceptors (Lipinski definition) is 5. The second-order valence-corrected chi connectivity index (χ2v) is 8.51. The molecule has 1 fully saturated rings. The number of hydrogen-bond donors (Lipinski definition) is 0. The monoisotopic (exact) mass is 477 g/mol. The third-order valence-corrected chi connectivity index (χ3v) is 6.21. The second-order valence-electron chi connectivity index (χ2n) is 8.51. The molecule has 0 saturated carbocycles. The van der Waals surface area contributed by atoms with E-state index < -0.39 is 11.7 Å². The Morgan fingerprint density at radius 3 is 2.37 bits per heavy atom. The smallest absolute Gasteiger partial charge is 0.347 e. The number of pyridine rings is 1. The first-order chi connectivity index (χ1) is 16.8. The first-order valence-corrected chi connectivity index (χ1v) is 11.2. The minimum atomic E-state index is -4.40. The molecular weight excluding hydrogens is 455 g/mol. The standard InChI is InChI=1S/C26H22F3N5O/c1-17-16-33(25(35)19-6-3-2-4-7-19)14-15-34(17)24-23-21(8-5-13-30-23)22(31-32-24)18-9-11-20(12-10-18)26(27,28)29/h2-13,17H,14-16H2,1H3. The minimum absolute atomic E-state index is 0.0104. The Balaban J connectivity index is 1.44. The molecule has 1 amide bonds. The van der Waals surface area contributed by atoms with Crippen molar-refractivity contribution >= 4 is 22.6 Å². The van der Waals surface area contributed by atoms with Crippen LogP contribution >= 0.6 is 0 Å². The van der Waals surface area contributed by atoms with Crippen LogP contribution in [0, 0.1) is 0 Å². The molecule has 6 nitrogen and oxygen atoms in total. The number of aromatic nitrogens is 3. The topological polar surface area (TPSA) is 62.2 Å². The van der Waals surface area contributed by atoms with Crippen LogP contribution in [0.1, 0.15) is 22.8 Å². The van der Waals surface area contributed by atoms with E-state index in [0.717, 1.165) is 12.1 Å². The molecule has 5 rings (SSSR count). The van der Waals surface area contributed by atoms with Gasteiger partial charge in [0.25, 0.3) is 5.91 Å². The van der Waals surface area contributed by atoms with Gasteiger partial charge in [0.15, 0.2) is 5.82 Å². The molecule has 2 aromatic carbocycles. The zero-order chi connectivity index (χ0) is 24.6. The summed E-state index contributed by atoms with van der Waals surface area (Å²) < 4.78 is 38.9. The molecule has 3 heterocycles. The van der Waals surface area contributed by atoms with Gasteiger partial charge in [-0.1, -0.05) is 30.3 Å². The van der Waals surface area contributed by atoms with Gasteiger partial charge in [-0.3, -0.25) is 9.78 Å². The Morgan fingerprint density at radius 2 is 1.69 bits per heavy atom. The summed E-state index contributed by atoms with van der Waals surface area (Å²) in [5.74, 6) is 0.583. The van der Waals surface area contributed by atoms with Crippen LogP contribution < -0.4 is 4.90 Å². The van der Waals surface area contributed by atoms with Gasteiger partial charge in [0, 0.05) is 48.4 Å². The zero-order valence-electron chi connectivity index (χ0n) is 18.9. The summed E-state index contributed by atoms with van der Waals surface area (Å²) in [6, 6.07) is 17.6. The minimum Gasteiger partial charge on any atom is -0.347 e. The average molecular weight is 477 g/mol. The highest BCUT2D eigenvalue weighted by Gasteiger charge is 2.31. The van der Waals surface area contributed by atoms with Crippen molar-refractivity contribution in [3.8, 4) is 11.3 Å². The summed E-state index contributed by atoms with van der Waals surface area (Å²) in [6.45, 7) is 3.61. The van der Waals surface area contributed by atoms with Crippen molar-refractivity contribution in [3.05, 3.63) is 84.1 Å². The molecule has 2 aromatic heterocycles. The fourth-order valence-corrected chi connectivity index (χ4v) is 4.42. The largest absolute Gasteiger partial charge is 0.416 e. The number of piperazine rings is 1. The maximum Gasteiger partial charge on any atom is 0.416 e. The summed E-state index contributed by atoms with van der Waals surface area (Å²) >= 11 is 0. The van der Waals surface area contributed by atoms with Crippen molar-refractivity contribution in [2.75, 3.05) is 24.5 Å². The third kappa shape index (κ3) is 4.41. The molecule has 1 aliphatic heterocycles. The van der Waals surface area contributed by atoms with Gasteiger partial charge in [0.1, 0.15) is 11.2 Å². The molecule has 0 radical (unpaired) electrons. The van der Waals surface area contributed by atoms with Crippen LogP contribution in [0.5, 0.6) is 0 Å². The maximum absolute atomic E-state index is 13.0. The number of nitrogens with zero attached hydrogens (tertiary/aromatic N) is 5. The summed E-state index contributed by atoms with van der Waals surface area (Å²) in [5, 5.41) is 9.53. The molecule has 0 bridgehead atoms. The van der Waals surface area contributed by atoms with Crippen molar-refractivity contribution in [1.82, 2.24) is 20.1 Å². The summed E-state index contributed by atoms with van der Waals surface area (Å²) in [6.07, 6.45) is -2.75. The molecule has 1 unspecified atom stereocenters. The van der Waals surface area contributed by atoms with Gasteiger partial charge < -0.3 is 9.80 Å². The highest BCUT2D eigenvalue weighted by atomic mass is 19.4. The van der Waals surface area contributed by atoms with Gasteiger partial charge in [-0.05, 0) is 43.3 Å². The molecule has 35 heavy (non-hydrogen) atoms. The van der Waals surface area contributed by atoms with E-state index in [0.29, 0.717) is 53.2 Å². The highest BCUT2D eigenvalue weighted by Crippen LogP contribution is 2.34. The van der Waals surface area contributed by atoms with Crippen LogP contribution in [0.2, 0.25) is 0 Å². The summed E-state index contributed by atoms with van der Waals surface area (Å²) in [4.78, 5) is 21.3. The molecule has 0 aliphatic carbocycles. The average Bonchev–Trinajstić information content (AvgIpc) is 2.88. The first-order valence-electron chi connectivity index (χ1n) is 11.2. The Kier molecular flexibility index (Phi) is 5.84. The number of halogens is 3. The summed E-state index contributed by atoms with van der Waals surface area (Å²) in [5.41, 5.74) is 1.55. The lowest BCUT2D eigenvalue weighted by Gasteiger charge is -2.40. The van der Waals surface area contributed by atoms with E-state index in [1.54, 1.807) is 12.3 Å². The second kappa shape index (κ2) is 8.98. The van der Waals surface area contributed by atoms with Gasteiger partial charge in [-0.25, -0.2) is 0 Å². The SMILES string of the molecule is CC1CN(C(=O)c2ccccc2)CCN1c1nnc(-c2ccc(C(F)(F)F)cc2)c2cccnc12. The highest BCUT2D eigenvalue weighted by molar-refractivity contribution is 5.98. The lowest BCUT2D eigenvalue weighted by Crippen LogP contribution is -2.54. The van der Waals surface area contributed by atoms with Crippen LogP contribution in [-0.4, -0.2) is 51.7 Å². The molecular formula is C26H22F3N5O. The molecule has 1 atom stereocenters.